The van der Waals surface area contributed by atoms with Gasteiger partial charge in [-0.2, -0.15) is 13.2 Å². The topological polar surface area (TPSA) is 73.7 Å². The molecule has 11 heteroatoms. The maximum atomic E-state index is 14.6. The lowest BCUT2D eigenvalue weighted by atomic mass is 10.0. The van der Waals surface area contributed by atoms with Crippen molar-refractivity contribution in [2.24, 2.45) is 0 Å². The van der Waals surface area contributed by atoms with Crippen LogP contribution in [0.15, 0.2) is 36.5 Å². The van der Waals surface area contributed by atoms with Gasteiger partial charge in [-0.1, -0.05) is 12.8 Å². The lowest BCUT2D eigenvalue weighted by Gasteiger charge is -2.33. The molecule has 7 nitrogen and oxygen atoms in total. The number of benzene rings is 1. The van der Waals surface area contributed by atoms with Gasteiger partial charge in [0, 0.05) is 37.6 Å². The molecular formula is C28H32F4N6O. The first-order chi connectivity index (χ1) is 18.6. The van der Waals surface area contributed by atoms with Crippen molar-refractivity contribution < 1.29 is 22.4 Å². The molecule has 1 aromatic carbocycles. The number of fused-ring (bicyclic) bond motifs is 1. The minimum atomic E-state index is -4.46. The van der Waals surface area contributed by atoms with Crippen LogP contribution < -0.4 is 16.0 Å². The number of hydrogen-bond acceptors (Lipinski definition) is 5. The summed E-state index contributed by atoms with van der Waals surface area (Å²) in [5, 5.41) is 8.92. The van der Waals surface area contributed by atoms with E-state index in [0.717, 1.165) is 11.3 Å². The molecule has 0 bridgehead atoms. The molecule has 3 heterocycles. The van der Waals surface area contributed by atoms with Crippen molar-refractivity contribution in [1.82, 2.24) is 19.6 Å². The molecule has 39 heavy (non-hydrogen) atoms. The zero-order valence-electron chi connectivity index (χ0n) is 22.1. The molecule has 1 saturated heterocycles. The summed E-state index contributed by atoms with van der Waals surface area (Å²) in [6.45, 7) is 3.12. The second-order valence-electron chi connectivity index (χ2n) is 9.59. The molecular weight excluding hydrogens is 512 g/mol. The van der Waals surface area contributed by atoms with E-state index in [9.17, 15) is 22.4 Å². The van der Waals surface area contributed by atoms with Gasteiger partial charge in [-0.15, -0.1) is 0 Å². The highest BCUT2D eigenvalue weighted by Crippen LogP contribution is 2.28. The Labute approximate surface area is 225 Å². The third-order valence-electron chi connectivity index (χ3n) is 6.75. The molecule has 3 aromatic rings. The lowest BCUT2D eigenvalue weighted by Crippen LogP contribution is -2.46. The standard InChI is InChI=1S/C28H32F4N6O/c1-4-18-15-19(27(39)33-2)9-10-21(18)34-12-5-7-23-25(16-28(30,31)32)38-13-6-8-24(26(38)36-23)35-22-11-14-37(3)17-20(22)29/h6,8-10,13,15,20,22,34-35H,4,11-12,14,16-17H2,1-3H3,(H,33,39)/t20-,22+/m0/s1. The highest BCUT2D eigenvalue weighted by atomic mass is 19.4. The fourth-order valence-corrected chi connectivity index (χ4v) is 4.72. The van der Waals surface area contributed by atoms with Gasteiger partial charge in [0.05, 0.1) is 30.4 Å². The number of piperidine rings is 1. The molecule has 0 saturated carbocycles. The number of aromatic nitrogens is 2. The number of rotatable bonds is 7. The first-order valence-electron chi connectivity index (χ1n) is 12.8. The number of likely N-dealkylation sites (tertiary alicyclic amines) is 1. The van der Waals surface area contributed by atoms with Gasteiger partial charge in [-0.05, 0) is 61.7 Å². The van der Waals surface area contributed by atoms with Crippen molar-refractivity contribution in [3.8, 4) is 11.8 Å². The van der Waals surface area contributed by atoms with Crippen LogP contribution in [0.3, 0.4) is 0 Å². The van der Waals surface area contributed by atoms with Crippen LogP contribution in [0.25, 0.3) is 5.65 Å². The van der Waals surface area contributed by atoms with Gasteiger partial charge in [-0.3, -0.25) is 4.79 Å². The molecule has 3 N–H and O–H groups in total. The van der Waals surface area contributed by atoms with Gasteiger partial charge < -0.3 is 25.3 Å². The second kappa shape index (κ2) is 11.9. The number of hydrogen-bond donors (Lipinski definition) is 3. The zero-order valence-corrected chi connectivity index (χ0v) is 22.1. The molecule has 208 valence electrons. The molecule has 1 fully saturated rings. The van der Waals surface area contributed by atoms with Crippen molar-refractivity contribution in [2.75, 3.05) is 44.4 Å². The van der Waals surface area contributed by atoms with Gasteiger partial charge >= 0.3 is 6.18 Å². The summed E-state index contributed by atoms with van der Waals surface area (Å²) in [5.74, 6) is 5.49. The number of carbonyl (C=O) groups excluding carboxylic acids is 1. The quantitative estimate of drug-likeness (QED) is 0.306. The van der Waals surface area contributed by atoms with E-state index < -0.39 is 24.8 Å². The van der Waals surface area contributed by atoms with Crippen LogP contribution in [0, 0.1) is 11.8 Å². The Balaban J connectivity index is 1.59. The van der Waals surface area contributed by atoms with Crippen LogP contribution in [0.5, 0.6) is 0 Å². The predicted molar refractivity (Wildman–Crippen MR) is 144 cm³/mol. The summed E-state index contributed by atoms with van der Waals surface area (Å²) in [4.78, 5) is 18.3. The summed E-state index contributed by atoms with van der Waals surface area (Å²) in [6, 6.07) is 8.11. The first kappa shape index (κ1) is 28.2. The Bertz CT molecular complexity index is 1390. The van der Waals surface area contributed by atoms with E-state index in [4.69, 9.17) is 0 Å². The summed E-state index contributed by atoms with van der Waals surface area (Å²) in [7, 11) is 3.41. The molecule has 0 unspecified atom stereocenters. The highest BCUT2D eigenvalue weighted by Gasteiger charge is 2.32. The largest absolute Gasteiger partial charge is 0.394 e. The first-order valence-corrected chi connectivity index (χ1v) is 12.8. The van der Waals surface area contributed by atoms with Gasteiger partial charge in [0.2, 0.25) is 0 Å². The van der Waals surface area contributed by atoms with Crippen LogP contribution in [0.4, 0.5) is 28.9 Å². The van der Waals surface area contributed by atoms with Gasteiger partial charge in [0.1, 0.15) is 11.9 Å². The molecule has 1 aliphatic heterocycles. The Morgan fingerprint density at radius 1 is 1.23 bits per heavy atom. The molecule has 0 radical (unpaired) electrons. The monoisotopic (exact) mass is 544 g/mol. The normalized spacial score (nSPS) is 17.9. The molecule has 2 aromatic heterocycles. The van der Waals surface area contributed by atoms with E-state index in [0.29, 0.717) is 30.6 Å². The van der Waals surface area contributed by atoms with Crippen LogP contribution in [-0.4, -0.2) is 72.3 Å². The number of anilines is 2. The number of nitrogens with one attached hydrogen (secondary N) is 3. The van der Waals surface area contributed by atoms with E-state index in [1.54, 1.807) is 37.4 Å². The van der Waals surface area contributed by atoms with Crippen molar-refractivity contribution in [1.29, 1.82) is 0 Å². The van der Waals surface area contributed by atoms with Crippen molar-refractivity contribution >= 4 is 22.9 Å². The maximum absolute atomic E-state index is 14.6. The second-order valence-corrected chi connectivity index (χ2v) is 9.59. The van der Waals surface area contributed by atoms with Gasteiger partial charge in [0.15, 0.2) is 5.65 Å². The number of carbonyl (C=O) groups is 1. The highest BCUT2D eigenvalue weighted by molar-refractivity contribution is 5.94. The fraction of sp³-hybridized carbons (Fsp3) is 0.429. The van der Waals surface area contributed by atoms with Gasteiger partial charge in [-0.25, -0.2) is 9.37 Å². The average Bonchev–Trinajstić information content (AvgIpc) is 3.24. The van der Waals surface area contributed by atoms with Crippen LogP contribution in [0.1, 0.15) is 40.7 Å². The number of alkyl halides is 4. The van der Waals surface area contributed by atoms with Crippen LogP contribution in [0.2, 0.25) is 0 Å². The number of nitrogens with zero attached hydrogens (tertiary/aromatic N) is 3. The fourth-order valence-electron chi connectivity index (χ4n) is 4.72. The van der Waals surface area contributed by atoms with Crippen molar-refractivity contribution in [2.45, 2.75) is 44.6 Å². The Kier molecular flexibility index (Phi) is 8.65. The molecule has 1 amide bonds. The summed E-state index contributed by atoms with van der Waals surface area (Å²) < 4.78 is 56.5. The van der Waals surface area contributed by atoms with Gasteiger partial charge in [0.25, 0.3) is 5.91 Å². The van der Waals surface area contributed by atoms with Crippen LogP contribution >= 0.6 is 0 Å². The minimum absolute atomic E-state index is 0.0224. The van der Waals surface area contributed by atoms with Crippen molar-refractivity contribution in [3.63, 3.8) is 0 Å². The molecule has 1 aliphatic rings. The predicted octanol–water partition coefficient (Wildman–Crippen LogP) is 4.28. The van der Waals surface area contributed by atoms with Crippen molar-refractivity contribution in [3.05, 3.63) is 59.0 Å². The Morgan fingerprint density at radius 2 is 2.03 bits per heavy atom. The molecule has 2 atom stereocenters. The average molecular weight is 545 g/mol. The SMILES string of the molecule is CCc1cc(C(=O)NC)ccc1NCC#Cc1nc2c(N[C@@H]3CCN(C)C[C@@H]3F)cccn2c1CC(F)(F)F. The smallest absolute Gasteiger partial charge is 0.376 e. The minimum Gasteiger partial charge on any atom is -0.376 e. The van der Waals surface area contributed by atoms with Crippen LogP contribution in [-0.2, 0) is 12.8 Å². The molecule has 4 rings (SSSR count). The Hall–Kier alpha value is -3.78. The number of imidazole rings is 1. The molecule has 0 aliphatic carbocycles. The van der Waals surface area contributed by atoms with E-state index >= 15 is 0 Å². The maximum Gasteiger partial charge on any atom is 0.394 e. The summed E-state index contributed by atoms with van der Waals surface area (Å²) in [5.41, 5.74) is 2.93. The third kappa shape index (κ3) is 6.81. The zero-order chi connectivity index (χ0) is 28.2. The number of pyridine rings is 1. The van der Waals surface area contributed by atoms with E-state index in [1.807, 2.05) is 18.9 Å². The molecule has 0 spiro atoms. The van der Waals surface area contributed by atoms with E-state index in [1.165, 1.54) is 10.6 Å². The summed E-state index contributed by atoms with van der Waals surface area (Å²) >= 11 is 0. The number of halogens is 4. The van der Waals surface area contributed by atoms with E-state index in [-0.39, 0.29) is 36.0 Å². The third-order valence-corrected chi connectivity index (χ3v) is 6.75. The Morgan fingerprint density at radius 3 is 2.72 bits per heavy atom. The lowest BCUT2D eigenvalue weighted by molar-refractivity contribution is -0.128. The van der Waals surface area contributed by atoms with E-state index in [2.05, 4.69) is 32.8 Å². The summed E-state index contributed by atoms with van der Waals surface area (Å²) in [6.07, 6.45) is -4.02. The number of aryl methyl sites for hydroxylation is 1. The number of amides is 1.